The van der Waals surface area contributed by atoms with Gasteiger partial charge in [0, 0.05) is 138 Å². The van der Waals surface area contributed by atoms with Crippen LogP contribution in [-0.2, 0) is 45.2 Å². The van der Waals surface area contributed by atoms with Crippen molar-refractivity contribution in [1.29, 1.82) is 0 Å². The van der Waals surface area contributed by atoms with Crippen LogP contribution in [0.1, 0.15) is 51.4 Å². The molecule has 0 spiro atoms. The van der Waals surface area contributed by atoms with Gasteiger partial charge < -0.3 is 49.6 Å². The summed E-state index contributed by atoms with van der Waals surface area (Å²) in [5.41, 5.74) is 0. The molecule has 0 atom stereocenters. The fourth-order valence-corrected chi connectivity index (χ4v) is 5.57. The zero-order valence-corrected chi connectivity index (χ0v) is 51.2. The van der Waals surface area contributed by atoms with Gasteiger partial charge in [0.1, 0.15) is 34.5 Å². The minimum Gasteiger partial charge on any atom is -0.506 e. The van der Waals surface area contributed by atoms with Gasteiger partial charge in [0.15, 0.2) is 0 Å². The Bertz CT molecular complexity index is 1620. The molecular formula is C52H62Cl6Na2O10Zr. The maximum Gasteiger partial charge on any atom is 0.134 e. The van der Waals surface area contributed by atoms with Crippen LogP contribution in [-0.4, -0.2) is 143 Å². The van der Waals surface area contributed by atoms with Gasteiger partial charge in [-0.15, -0.1) is 0 Å². The van der Waals surface area contributed by atoms with E-state index in [0.717, 1.165) is 52.9 Å². The normalized spacial score (nSPS) is 12.9. The van der Waals surface area contributed by atoms with Crippen molar-refractivity contribution in [3.63, 3.8) is 0 Å². The van der Waals surface area contributed by atoms with Crippen molar-refractivity contribution >= 4 is 129 Å². The van der Waals surface area contributed by atoms with E-state index in [2.05, 4.69) is 0 Å². The van der Waals surface area contributed by atoms with Gasteiger partial charge >= 0.3 is 0 Å². The van der Waals surface area contributed by atoms with E-state index in [0.29, 0.717) is 30.1 Å². The molecule has 19 heteroatoms. The molecule has 4 saturated heterocycles. The molecule has 6 aromatic carbocycles. The third-order valence-electron chi connectivity index (χ3n) is 8.42. The molecule has 2 radical (unpaired) electrons. The molecule has 4 heterocycles. The third kappa shape index (κ3) is 42.5. The largest absolute Gasteiger partial charge is 0.506 e. The van der Waals surface area contributed by atoms with Gasteiger partial charge in [-0.2, -0.15) is 0 Å². The molecule has 0 aliphatic carbocycles. The van der Waals surface area contributed by atoms with Crippen molar-refractivity contribution in [3.8, 4) is 34.5 Å². The Morgan fingerprint density at radius 1 is 0.239 bits per heavy atom. The summed E-state index contributed by atoms with van der Waals surface area (Å²) in [7, 11) is 0. The summed E-state index contributed by atoms with van der Waals surface area (Å²) >= 11 is 32.8. The number of benzene rings is 6. The number of phenols is 6. The van der Waals surface area contributed by atoms with Crippen LogP contribution < -0.4 is 0 Å². The predicted molar refractivity (Wildman–Crippen MR) is 290 cm³/mol. The van der Waals surface area contributed by atoms with E-state index in [4.69, 9.17) is 119 Å². The zero-order chi connectivity index (χ0) is 50.0. The van der Waals surface area contributed by atoms with Gasteiger partial charge in [0.2, 0.25) is 0 Å². The molecule has 4 aliphatic heterocycles. The Kier molecular flexibility index (Phi) is 52.7. The Labute approximate surface area is 513 Å². The maximum atomic E-state index is 8.79. The predicted octanol–water partition coefficient (Wildman–Crippen LogP) is 14.7. The number of aromatic hydroxyl groups is 6. The van der Waals surface area contributed by atoms with Crippen molar-refractivity contribution in [1.82, 2.24) is 0 Å². The summed E-state index contributed by atoms with van der Waals surface area (Å²) in [5.74, 6) is 0.801. The van der Waals surface area contributed by atoms with Gasteiger partial charge in [0.25, 0.3) is 0 Å². The quantitative estimate of drug-likeness (QED) is 0.0809. The molecule has 0 aromatic heterocycles. The van der Waals surface area contributed by atoms with Gasteiger partial charge in [-0.25, -0.2) is 0 Å². The van der Waals surface area contributed by atoms with Crippen molar-refractivity contribution < 1.29 is 75.8 Å². The van der Waals surface area contributed by atoms with Crippen molar-refractivity contribution in [2.75, 3.05) is 52.9 Å². The standard InChI is InChI=1S/6C6H5ClO.4C4H8O.2Na.Zr/c6*7-5-3-1-2-4-6(5)8;4*1-2-4-5-3-1;;;/h6*1-4,8H;4*1-4H2;;;. The van der Waals surface area contributed by atoms with E-state index in [1.54, 1.807) is 146 Å². The number of ether oxygens (including phenoxy) is 4. The second-order valence-electron chi connectivity index (χ2n) is 14.0. The van der Waals surface area contributed by atoms with Crippen LogP contribution in [0.3, 0.4) is 0 Å². The molecule has 10 nitrogen and oxygen atoms in total. The minimum atomic E-state index is 0. The van der Waals surface area contributed by atoms with Crippen LogP contribution in [0.15, 0.2) is 146 Å². The molecular weight excluding hydrogens is 1130 g/mol. The van der Waals surface area contributed by atoms with Gasteiger partial charge in [-0.1, -0.05) is 142 Å². The molecule has 0 bridgehead atoms. The monoisotopic (exact) mass is 1190 g/mol. The summed E-state index contributed by atoms with van der Waals surface area (Å²) in [4.78, 5) is 0. The molecule has 10 rings (SSSR count). The van der Waals surface area contributed by atoms with E-state index < -0.39 is 0 Å². The Hall–Kier alpha value is -1.42. The summed E-state index contributed by atoms with van der Waals surface area (Å²) in [5, 5.41) is 55.1. The minimum absolute atomic E-state index is 0. The first kappa shape index (κ1) is 73.8. The molecule has 6 aromatic rings. The van der Waals surface area contributed by atoms with E-state index in [1.165, 1.54) is 51.4 Å². The molecule has 378 valence electrons. The van der Waals surface area contributed by atoms with Gasteiger partial charge in [-0.05, 0) is 124 Å². The van der Waals surface area contributed by atoms with Gasteiger partial charge in [0.05, 0.1) is 30.1 Å². The molecule has 0 amide bonds. The first-order valence-electron chi connectivity index (χ1n) is 21.7. The van der Waals surface area contributed by atoms with Crippen molar-refractivity contribution in [2.24, 2.45) is 0 Å². The Morgan fingerprint density at radius 2 is 0.352 bits per heavy atom. The number of hydrogen-bond acceptors (Lipinski definition) is 10. The number of rotatable bonds is 0. The molecule has 0 saturated carbocycles. The van der Waals surface area contributed by atoms with E-state index in [9.17, 15) is 0 Å². The zero-order valence-electron chi connectivity index (χ0n) is 40.3. The van der Waals surface area contributed by atoms with Crippen LogP contribution in [0.4, 0.5) is 0 Å². The first-order chi connectivity index (χ1) is 32.8. The van der Waals surface area contributed by atoms with Gasteiger partial charge in [-0.3, -0.25) is 0 Å². The second kappa shape index (κ2) is 50.7. The SMILES string of the molecule is C1CCOC1.C1CCOC1.C1CCOC1.C1CCOC1.Oc1ccccc1Cl.Oc1ccccc1Cl.Oc1ccccc1Cl.Oc1ccccc1Cl.Oc1ccccc1Cl.Oc1ccccc1Cl.[Na].[Na].[Zr]. The topological polar surface area (TPSA) is 158 Å². The average molecular weight is 1200 g/mol. The maximum absolute atomic E-state index is 8.79. The number of halogens is 6. The van der Waals surface area contributed by atoms with Crippen LogP contribution in [0.2, 0.25) is 30.1 Å². The fourth-order valence-electron chi connectivity index (χ4n) is 4.75. The number of phenolic OH excluding ortho intramolecular Hbond substituents is 6. The molecule has 0 unspecified atom stereocenters. The van der Waals surface area contributed by atoms with Crippen molar-refractivity contribution in [2.45, 2.75) is 51.4 Å². The third-order valence-corrected chi connectivity index (χ3v) is 10.3. The summed E-state index contributed by atoms with van der Waals surface area (Å²) in [6.45, 7) is 8.00. The van der Waals surface area contributed by atoms with Crippen LogP contribution >= 0.6 is 69.6 Å². The Balaban J connectivity index is -0.000000724. The van der Waals surface area contributed by atoms with Crippen LogP contribution in [0.5, 0.6) is 34.5 Å². The smallest absolute Gasteiger partial charge is 0.134 e. The summed E-state index contributed by atoms with van der Waals surface area (Å²) in [6.07, 6.45) is 10.2. The molecule has 4 aliphatic rings. The Morgan fingerprint density at radius 3 is 0.408 bits per heavy atom. The first-order valence-corrected chi connectivity index (χ1v) is 24.0. The molecule has 71 heavy (non-hydrogen) atoms. The number of para-hydroxylation sites is 6. The second-order valence-corrected chi connectivity index (χ2v) is 16.4. The average Bonchev–Trinajstić information content (AvgIpc) is 4.22. The summed E-state index contributed by atoms with van der Waals surface area (Å²) in [6, 6.07) is 40.0. The van der Waals surface area contributed by atoms with Crippen LogP contribution in [0, 0.1) is 0 Å². The molecule has 6 N–H and O–H groups in total. The van der Waals surface area contributed by atoms with E-state index in [1.807, 2.05) is 0 Å². The van der Waals surface area contributed by atoms with E-state index in [-0.39, 0.29) is 120 Å². The fraction of sp³-hybridized carbons (Fsp3) is 0.308. The molecule has 4 fully saturated rings. The van der Waals surface area contributed by atoms with Crippen molar-refractivity contribution in [3.05, 3.63) is 176 Å². The number of hydrogen-bond donors (Lipinski definition) is 6. The van der Waals surface area contributed by atoms with Crippen LogP contribution in [0.25, 0.3) is 0 Å². The summed E-state index contributed by atoms with van der Waals surface area (Å²) < 4.78 is 19.8. The van der Waals surface area contributed by atoms with E-state index >= 15 is 0 Å².